The summed E-state index contributed by atoms with van der Waals surface area (Å²) in [4.78, 5) is 126. The first kappa shape index (κ1) is 51.3. The molecule has 0 aromatic heterocycles. The van der Waals surface area contributed by atoms with Crippen LogP contribution in [0.15, 0.2) is 29.4 Å². The molecule has 1 aliphatic rings. The third kappa shape index (κ3) is 22.5. The number of nitrogens with one attached hydrogen (secondary N) is 3. The third-order valence-corrected chi connectivity index (χ3v) is 11.2. The largest absolute Gasteiger partial charge is 0.480 e. The number of aldehydes is 2. The average molecular weight is 882 g/mol. The van der Waals surface area contributed by atoms with Gasteiger partial charge in [-0.05, 0) is 17.5 Å². The molecule has 7 N–H and O–H groups in total. The SMILES string of the molecule is NC(=O)C(NC(=O)C(CCC(=O)NCCC=O)NC(=O)CN1CCN(CC(=O)O)CCN(CC(=O)O)CCN(CC(=O)N=O)CC1)SCc1cccc(CSCCC=O)c1. The minimum atomic E-state index is -1.33. The Morgan fingerprint density at radius 2 is 1.28 bits per heavy atom. The van der Waals surface area contributed by atoms with Crippen LogP contribution in [-0.2, 0) is 54.7 Å². The van der Waals surface area contributed by atoms with Crippen LogP contribution in [0.5, 0.6) is 0 Å². The third-order valence-electron chi connectivity index (χ3n) is 8.96. The molecular formula is C37H55N9O12S2. The van der Waals surface area contributed by atoms with Gasteiger partial charge in [0.15, 0.2) is 5.37 Å². The molecule has 2 rings (SSSR count). The second-order valence-electron chi connectivity index (χ2n) is 13.8. The van der Waals surface area contributed by atoms with E-state index in [1.165, 1.54) is 0 Å². The van der Waals surface area contributed by atoms with Gasteiger partial charge in [-0.3, -0.25) is 53.2 Å². The second-order valence-corrected chi connectivity index (χ2v) is 16.0. The molecule has 0 saturated carbocycles. The lowest BCUT2D eigenvalue weighted by atomic mass is 10.1. The highest BCUT2D eigenvalue weighted by atomic mass is 32.2. The standard InChI is InChI=1S/C37H55N9O12S2/c38-35(56)37(60-26-28-5-1-4-27(20-28)25-59-19-3-18-48)41-36(57)29(6-7-30(49)39-8-2-17-47)40-31(50)21-43-9-10-44(22-32(51)42-58)12-14-46(24-34(54)55)16-15-45(13-11-43)23-33(52)53/h1,4-5,17-18,20,29,37H,2-3,6-16,19,21-26H2,(H2,38,56)(H,39,49)(H,40,50)(H,41,57)(H,52,53)(H,54,55). The number of nitrogens with two attached hydrogens (primary N) is 1. The molecule has 5 amide bonds. The lowest BCUT2D eigenvalue weighted by molar-refractivity contribution is -0.140. The van der Waals surface area contributed by atoms with Gasteiger partial charge >= 0.3 is 11.9 Å². The van der Waals surface area contributed by atoms with Crippen molar-refractivity contribution in [3.05, 3.63) is 40.3 Å². The Labute approximate surface area is 356 Å². The van der Waals surface area contributed by atoms with Crippen molar-refractivity contribution in [2.24, 2.45) is 10.9 Å². The van der Waals surface area contributed by atoms with Crippen LogP contribution in [0.4, 0.5) is 0 Å². The van der Waals surface area contributed by atoms with E-state index in [-0.39, 0.29) is 110 Å². The summed E-state index contributed by atoms with van der Waals surface area (Å²) in [7, 11) is 0. The van der Waals surface area contributed by atoms with Crippen molar-refractivity contribution in [1.29, 1.82) is 0 Å². The molecular weight excluding hydrogens is 827 g/mol. The van der Waals surface area contributed by atoms with E-state index in [1.54, 1.807) is 31.4 Å². The highest BCUT2D eigenvalue weighted by Gasteiger charge is 2.28. The number of thioether (sulfide) groups is 2. The molecule has 1 aliphatic heterocycles. The van der Waals surface area contributed by atoms with E-state index in [4.69, 9.17) is 5.73 Å². The number of hydrogen-bond acceptors (Lipinski definition) is 16. The molecule has 0 radical (unpaired) electrons. The van der Waals surface area contributed by atoms with Crippen LogP contribution in [0.3, 0.4) is 0 Å². The molecule has 1 aromatic carbocycles. The van der Waals surface area contributed by atoms with Crippen LogP contribution in [0.1, 0.15) is 36.8 Å². The van der Waals surface area contributed by atoms with Crippen molar-refractivity contribution in [2.45, 2.75) is 48.6 Å². The van der Waals surface area contributed by atoms with Crippen LogP contribution in [0, 0.1) is 4.91 Å². The zero-order chi connectivity index (χ0) is 44.3. The van der Waals surface area contributed by atoms with E-state index in [2.05, 4.69) is 21.1 Å². The van der Waals surface area contributed by atoms with Gasteiger partial charge in [0.2, 0.25) is 17.7 Å². The fourth-order valence-electron chi connectivity index (χ4n) is 5.89. The van der Waals surface area contributed by atoms with Gasteiger partial charge in [0, 0.05) is 101 Å². The highest BCUT2D eigenvalue weighted by Crippen LogP contribution is 2.20. The van der Waals surface area contributed by atoms with Crippen LogP contribution in [-0.4, -0.2) is 186 Å². The second kappa shape index (κ2) is 29.4. The maximum absolute atomic E-state index is 13.7. The molecule has 1 heterocycles. The van der Waals surface area contributed by atoms with Gasteiger partial charge in [-0.2, -0.15) is 11.8 Å². The monoisotopic (exact) mass is 881 g/mol. The fourth-order valence-corrected chi connectivity index (χ4v) is 7.62. The molecule has 332 valence electrons. The Balaban J connectivity index is 2.25. The molecule has 2 unspecified atom stereocenters. The van der Waals surface area contributed by atoms with Crippen LogP contribution >= 0.6 is 23.5 Å². The summed E-state index contributed by atoms with van der Waals surface area (Å²) < 4.78 is 0. The van der Waals surface area contributed by atoms with Crippen molar-refractivity contribution in [2.75, 3.05) is 90.8 Å². The van der Waals surface area contributed by atoms with Crippen molar-refractivity contribution in [1.82, 2.24) is 35.6 Å². The smallest absolute Gasteiger partial charge is 0.317 e. The lowest BCUT2D eigenvalue weighted by Crippen LogP contribution is -2.54. The predicted octanol–water partition coefficient (Wildman–Crippen LogP) is -1.68. The fraction of sp³-hybridized carbons (Fsp3) is 0.595. The molecule has 0 spiro atoms. The van der Waals surface area contributed by atoms with E-state index in [9.17, 15) is 58.3 Å². The summed E-state index contributed by atoms with van der Waals surface area (Å²) in [6, 6.07) is 6.25. The topological polar surface area (TPSA) is 299 Å². The number of rotatable bonds is 26. The number of aliphatic carboxylic acids is 2. The van der Waals surface area contributed by atoms with E-state index in [0.717, 1.165) is 29.2 Å². The normalized spacial score (nSPS) is 15.9. The van der Waals surface area contributed by atoms with Crippen LogP contribution < -0.4 is 21.7 Å². The number of benzene rings is 1. The Kier molecular flexibility index (Phi) is 25.2. The molecule has 1 saturated heterocycles. The molecule has 0 bridgehead atoms. The molecule has 0 aliphatic carbocycles. The predicted molar refractivity (Wildman–Crippen MR) is 222 cm³/mol. The zero-order valence-corrected chi connectivity index (χ0v) is 35.0. The van der Waals surface area contributed by atoms with Gasteiger partial charge in [0.1, 0.15) is 18.6 Å². The highest BCUT2D eigenvalue weighted by molar-refractivity contribution is 7.99. The van der Waals surface area contributed by atoms with Crippen LogP contribution in [0.25, 0.3) is 0 Å². The van der Waals surface area contributed by atoms with Gasteiger partial charge in [0.05, 0.1) is 26.2 Å². The Hall–Kier alpha value is -4.81. The number of nitrogens with zero attached hydrogens (tertiary/aromatic N) is 5. The van der Waals surface area contributed by atoms with E-state index in [1.807, 2.05) is 24.3 Å². The quantitative estimate of drug-likeness (QED) is 0.0262. The number of primary amides is 1. The summed E-state index contributed by atoms with van der Waals surface area (Å²) in [5.41, 5.74) is 7.53. The summed E-state index contributed by atoms with van der Waals surface area (Å²) >= 11 is 2.65. The van der Waals surface area contributed by atoms with Gasteiger partial charge in [-0.1, -0.05) is 24.3 Å². The number of amides is 5. The number of nitroso groups, excluding NO2 is 1. The van der Waals surface area contributed by atoms with E-state index in [0.29, 0.717) is 24.2 Å². The van der Waals surface area contributed by atoms with Gasteiger partial charge in [-0.25, -0.2) is 0 Å². The summed E-state index contributed by atoms with van der Waals surface area (Å²) in [6.07, 6.45) is 1.58. The first-order valence-corrected chi connectivity index (χ1v) is 21.4. The van der Waals surface area contributed by atoms with Crippen LogP contribution in [0.2, 0.25) is 0 Å². The molecule has 23 heteroatoms. The molecule has 21 nitrogen and oxygen atoms in total. The maximum atomic E-state index is 13.7. The van der Waals surface area contributed by atoms with Crippen molar-refractivity contribution >= 4 is 77.6 Å². The Bertz CT molecular complexity index is 1620. The van der Waals surface area contributed by atoms with Gasteiger partial charge < -0.3 is 41.5 Å². The molecule has 2 atom stereocenters. The maximum Gasteiger partial charge on any atom is 0.317 e. The Morgan fingerprint density at radius 3 is 1.80 bits per heavy atom. The summed E-state index contributed by atoms with van der Waals surface area (Å²) in [5.74, 6) is -4.33. The van der Waals surface area contributed by atoms with E-state index < -0.39 is 52.9 Å². The van der Waals surface area contributed by atoms with Crippen molar-refractivity contribution in [3.63, 3.8) is 0 Å². The lowest BCUT2D eigenvalue weighted by Gasteiger charge is -2.33. The van der Waals surface area contributed by atoms with Gasteiger partial charge in [-0.15, -0.1) is 16.7 Å². The van der Waals surface area contributed by atoms with E-state index >= 15 is 0 Å². The summed E-state index contributed by atoms with van der Waals surface area (Å²) in [5, 5.41) is 28.0. The summed E-state index contributed by atoms with van der Waals surface area (Å²) in [6.45, 7) is -0.162. The minimum Gasteiger partial charge on any atom is -0.480 e. The first-order valence-electron chi connectivity index (χ1n) is 19.2. The number of carbonyl (C=O) groups excluding carboxylic acids is 7. The first-order chi connectivity index (χ1) is 28.7. The number of carbonyl (C=O) groups is 9. The zero-order valence-electron chi connectivity index (χ0n) is 33.4. The molecule has 1 fully saturated rings. The molecule has 60 heavy (non-hydrogen) atoms. The molecule has 1 aromatic rings. The number of hydrogen-bond donors (Lipinski definition) is 6. The van der Waals surface area contributed by atoms with Crippen molar-refractivity contribution in [3.8, 4) is 0 Å². The number of carboxylic acids is 2. The van der Waals surface area contributed by atoms with Gasteiger partial charge in [0.25, 0.3) is 11.8 Å². The number of carboxylic acid groups (broad SMARTS) is 2. The minimum absolute atomic E-state index is 0.0710. The average Bonchev–Trinajstić information content (AvgIpc) is 3.20. The van der Waals surface area contributed by atoms with Crippen molar-refractivity contribution < 1.29 is 53.4 Å². The Morgan fingerprint density at radius 1 is 0.750 bits per heavy atom.